The van der Waals surface area contributed by atoms with Gasteiger partial charge in [-0.25, -0.2) is 0 Å². The van der Waals surface area contributed by atoms with Crippen LogP contribution in [0.15, 0.2) is 23.2 Å². The number of likely N-dealkylation sites (tertiary alicyclic amines) is 1. The van der Waals surface area contributed by atoms with E-state index in [-0.39, 0.29) is 0 Å². The number of benzene rings is 1. The van der Waals surface area contributed by atoms with Crippen LogP contribution in [-0.4, -0.2) is 57.2 Å². The average Bonchev–Trinajstić information content (AvgIpc) is 2.99. The summed E-state index contributed by atoms with van der Waals surface area (Å²) < 4.78 is 5.18. The largest absolute Gasteiger partial charge is 0.497 e. The fraction of sp³-hybridized carbons (Fsp3) is 0.611. The van der Waals surface area contributed by atoms with Gasteiger partial charge in [-0.05, 0) is 57.5 Å². The molecule has 0 saturated carbocycles. The smallest absolute Gasteiger partial charge is 0.191 e. The lowest BCUT2D eigenvalue weighted by Gasteiger charge is -2.18. The molecule has 134 valence electrons. The molecule has 1 saturated heterocycles. The van der Waals surface area contributed by atoms with E-state index in [9.17, 15) is 0 Å². The van der Waals surface area contributed by atoms with Crippen molar-refractivity contribution in [3.63, 3.8) is 0 Å². The molecule has 1 atom stereocenters. The van der Waals surface area contributed by atoms with Crippen molar-refractivity contribution in [3.05, 3.63) is 28.8 Å². The SMILES string of the molecule is CCNC(=NCC1CCCN1C)NCCc1ccc(OC)cc1Cl. The maximum Gasteiger partial charge on any atom is 0.191 e. The molecule has 0 bridgehead atoms. The molecule has 5 nitrogen and oxygen atoms in total. The number of methoxy groups -OCH3 is 1. The summed E-state index contributed by atoms with van der Waals surface area (Å²) >= 11 is 6.29. The van der Waals surface area contributed by atoms with Crippen LogP contribution in [0.25, 0.3) is 0 Å². The molecule has 0 amide bonds. The van der Waals surface area contributed by atoms with Crippen molar-refractivity contribution in [1.29, 1.82) is 0 Å². The van der Waals surface area contributed by atoms with Crippen LogP contribution < -0.4 is 15.4 Å². The predicted molar refractivity (Wildman–Crippen MR) is 101 cm³/mol. The molecule has 2 rings (SSSR count). The highest BCUT2D eigenvalue weighted by Gasteiger charge is 2.20. The van der Waals surface area contributed by atoms with E-state index < -0.39 is 0 Å². The summed E-state index contributed by atoms with van der Waals surface area (Å²) in [5.41, 5.74) is 1.11. The van der Waals surface area contributed by atoms with Gasteiger partial charge in [-0.2, -0.15) is 0 Å². The van der Waals surface area contributed by atoms with Gasteiger partial charge in [-0.3, -0.25) is 4.99 Å². The minimum Gasteiger partial charge on any atom is -0.497 e. The molecule has 0 aromatic heterocycles. The number of nitrogens with zero attached hydrogens (tertiary/aromatic N) is 2. The molecular formula is C18H29ClN4O. The van der Waals surface area contributed by atoms with Crippen molar-refractivity contribution in [2.75, 3.05) is 40.3 Å². The normalized spacial score (nSPS) is 18.7. The first-order valence-electron chi connectivity index (χ1n) is 8.69. The van der Waals surface area contributed by atoms with Crippen LogP contribution in [0.4, 0.5) is 0 Å². The van der Waals surface area contributed by atoms with Crippen LogP contribution in [-0.2, 0) is 6.42 Å². The first kappa shape index (κ1) is 18.9. The van der Waals surface area contributed by atoms with Gasteiger partial charge in [0.2, 0.25) is 0 Å². The predicted octanol–water partition coefficient (Wildman–Crippen LogP) is 2.54. The zero-order chi connectivity index (χ0) is 17.4. The molecule has 1 fully saturated rings. The maximum absolute atomic E-state index is 6.29. The molecule has 6 heteroatoms. The topological polar surface area (TPSA) is 48.9 Å². The lowest BCUT2D eigenvalue weighted by Crippen LogP contribution is -2.39. The Kier molecular flexibility index (Phi) is 7.66. The molecule has 1 aromatic rings. The van der Waals surface area contributed by atoms with Gasteiger partial charge in [0.15, 0.2) is 5.96 Å². The number of halogens is 1. The van der Waals surface area contributed by atoms with Gasteiger partial charge in [0.1, 0.15) is 5.75 Å². The highest BCUT2D eigenvalue weighted by Crippen LogP contribution is 2.22. The molecule has 1 aliphatic rings. The van der Waals surface area contributed by atoms with Crippen molar-refractivity contribution < 1.29 is 4.74 Å². The van der Waals surface area contributed by atoms with Crippen LogP contribution in [0.3, 0.4) is 0 Å². The molecule has 0 spiro atoms. The van der Waals surface area contributed by atoms with Gasteiger partial charge >= 0.3 is 0 Å². The molecule has 1 aromatic carbocycles. The standard InChI is InChI=1S/C18H29ClN4O/c1-4-20-18(22-13-15-6-5-11-23(15)2)21-10-9-14-7-8-16(24-3)12-17(14)19/h7-8,12,15H,4-6,9-11,13H2,1-3H3,(H2,20,21,22). The van der Waals surface area contributed by atoms with E-state index in [0.29, 0.717) is 6.04 Å². The number of hydrogen-bond donors (Lipinski definition) is 2. The summed E-state index contributed by atoms with van der Waals surface area (Å²) in [4.78, 5) is 7.12. The quantitative estimate of drug-likeness (QED) is 0.585. The fourth-order valence-corrected chi connectivity index (χ4v) is 3.19. The van der Waals surface area contributed by atoms with Crippen LogP contribution in [0.1, 0.15) is 25.3 Å². The van der Waals surface area contributed by atoms with Gasteiger partial charge in [-0.15, -0.1) is 0 Å². The Balaban J connectivity index is 1.84. The summed E-state index contributed by atoms with van der Waals surface area (Å²) in [5, 5.41) is 7.44. The summed E-state index contributed by atoms with van der Waals surface area (Å²) in [7, 11) is 3.83. The number of aliphatic imine (C=N–C) groups is 1. The van der Waals surface area contributed by atoms with Gasteiger partial charge in [0, 0.05) is 24.2 Å². The average molecular weight is 353 g/mol. The highest BCUT2D eigenvalue weighted by molar-refractivity contribution is 6.31. The van der Waals surface area contributed by atoms with E-state index in [1.807, 2.05) is 18.2 Å². The van der Waals surface area contributed by atoms with Gasteiger partial charge in [0.25, 0.3) is 0 Å². The molecule has 0 radical (unpaired) electrons. The zero-order valence-corrected chi connectivity index (χ0v) is 15.7. The van der Waals surface area contributed by atoms with Crippen molar-refractivity contribution in [3.8, 4) is 5.75 Å². The van der Waals surface area contributed by atoms with E-state index >= 15 is 0 Å². The van der Waals surface area contributed by atoms with E-state index in [2.05, 4.69) is 29.5 Å². The van der Waals surface area contributed by atoms with E-state index in [1.54, 1.807) is 7.11 Å². The second-order valence-electron chi connectivity index (χ2n) is 6.13. The van der Waals surface area contributed by atoms with Gasteiger partial charge in [0.05, 0.1) is 13.7 Å². The third-order valence-electron chi connectivity index (χ3n) is 4.42. The van der Waals surface area contributed by atoms with Crippen molar-refractivity contribution >= 4 is 17.6 Å². The Labute approximate surface area is 150 Å². The van der Waals surface area contributed by atoms with Crippen LogP contribution in [0.5, 0.6) is 5.75 Å². The zero-order valence-electron chi connectivity index (χ0n) is 14.9. The van der Waals surface area contributed by atoms with Gasteiger partial charge in [-0.1, -0.05) is 17.7 Å². The molecule has 1 heterocycles. The Hall–Kier alpha value is -1.46. The Bertz CT molecular complexity index is 550. The first-order chi connectivity index (χ1) is 11.6. The fourth-order valence-electron chi connectivity index (χ4n) is 2.92. The second-order valence-corrected chi connectivity index (χ2v) is 6.54. The molecule has 0 aliphatic carbocycles. The first-order valence-corrected chi connectivity index (χ1v) is 9.06. The van der Waals surface area contributed by atoms with Crippen molar-refractivity contribution in [1.82, 2.24) is 15.5 Å². The Morgan fingerprint density at radius 2 is 2.25 bits per heavy atom. The third-order valence-corrected chi connectivity index (χ3v) is 4.77. The number of likely N-dealkylation sites (N-methyl/N-ethyl adjacent to an activating group) is 1. The van der Waals surface area contributed by atoms with E-state index in [4.69, 9.17) is 21.3 Å². The number of nitrogens with one attached hydrogen (secondary N) is 2. The van der Waals surface area contributed by atoms with Crippen molar-refractivity contribution in [2.24, 2.45) is 4.99 Å². The van der Waals surface area contributed by atoms with Gasteiger partial charge < -0.3 is 20.3 Å². The van der Waals surface area contributed by atoms with Crippen LogP contribution in [0, 0.1) is 0 Å². The minimum atomic E-state index is 0.566. The van der Waals surface area contributed by atoms with Crippen molar-refractivity contribution in [2.45, 2.75) is 32.2 Å². The number of rotatable bonds is 7. The van der Waals surface area contributed by atoms with E-state index in [1.165, 1.54) is 19.4 Å². The van der Waals surface area contributed by atoms with E-state index in [0.717, 1.165) is 48.4 Å². The van der Waals surface area contributed by atoms with Crippen LogP contribution in [0.2, 0.25) is 5.02 Å². The summed E-state index contributed by atoms with van der Waals surface area (Å²) in [6.07, 6.45) is 3.36. The van der Waals surface area contributed by atoms with Crippen LogP contribution >= 0.6 is 11.6 Å². The Morgan fingerprint density at radius 3 is 2.88 bits per heavy atom. The monoisotopic (exact) mass is 352 g/mol. The molecule has 2 N–H and O–H groups in total. The Morgan fingerprint density at radius 1 is 1.42 bits per heavy atom. The maximum atomic E-state index is 6.29. The third kappa shape index (κ3) is 5.56. The lowest BCUT2D eigenvalue weighted by molar-refractivity contribution is 0.317. The minimum absolute atomic E-state index is 0.566. The molecule has 1 unspecified atom stereocenters. The number of ether oxygens (including phenoxy) is 1. The highest BCUT2D eigenvalue weighted by atomic mass is 35.5. The molecule has 1 aliphatic heterocycles. The lowest BCUT2D eigenvalue weighted by atomic mass is 10.1. The molecular weight excluding hydrogens is 324 g/mol. The molecule has 24 heavy (non-hydrogen) atoms. The summed E-state index contributed by atoms with van der Waals surface area (Å²) in [6.45, 7) is 5.75. The number of guanidine groups is 1. The summed E-state index contributed by atoms with van der Waals surface area (Å²) in [6, 6.07) is 6.37. The second kappa shape index (κ2) is 9.74. The number of hydrogen-bond acceptors (Lipinski definition) is 3. The summed E-state index contributed by atoms with van der Waals surface area (Å²) in [5.74, 6) is 1.66.